The number of hydrogen-bond donors (Lipinski definition) is 4. The molecule has 0 radical (unpaired) electrons. The summed E-state index contributed by atoms with van der Waals surface area (Å²) in [6.07, 6.45) is 0. The Morgan fingerprint density at radius 2 is 1.94 bits per heavy atom. The molecule has 0 saturated carbocycles. The molecule has 186 valence electrons. The van der Waals surface area contributed by atoms with Gasteiger partial charge in [0.1, 0.15) is 11.8 Å². The van der Waals surface area contributed by atoms with Crippen LogP contribution in [-0.2, 0) is 17.9 Å². The van der Waals surface area contributed by atoms with Gasteiger partial charge in [-0.15, -0.1) is 0 Å². The number of halogens is 1. The number of aliphatic carboxylic acids is 1. The van der Waals surface area contributed by atoms with Crippen LogP contribution in [0.1, 0.15) is 16.7 Å². The molecule has 8 nitrogen and oxygen atoms in total. The maximum absolute atomic E-state index is 13.2. The third-order valence-electron chi connectivity index (χ3n) is 6.71. The van der Waals surface area contributed by atoms with E-state index in [2.05, 4.69) is 21.6 Å². The number of rotatable bonds is 5. The van der Waals surface area contributed by atoms with Crippen molar-refractivity contribution in [2.24, 2.45) is 0 Å². The van der Waals surface area contributed by atoms with Gasteiger partial charge in [0.25, 0.3) is 0 Å². The van der Waals surface area contributed by atoms with Gasteiger partial charge in [-0.3, -0.25) is 14.6 Å². The van der Waals surface area contributed by atoms with Gasteiger partial charge in [-0.2, -0.15) is 0 Å². The Hall–Kier alpha value is -3.59. The first kappa shape index (κ1) is 24.1. The van der Waals surface area contributed by atoms with Crippen LogP contribution in [0.4, 0.5) is 16.2 Å². The van der Waals surface area contributed by atoms with Gasteiger partial charge < -0.3 is 20.8 Å². The number of nitrogens with one attached hydrogen (secondary N) is 2. The Morgan fingerprint density at radius 3 is 2.69 bits per heavy atom. The Balaban J connectivity index is 1.66. The number of aryl methyl sites for hydroxylation is 1. The fourth-order valence-corrected chi connectivity index (χ4v) is 5.24. The minimum atomic E-state index is -0.875. The SMILES string of the molecule is Cc1cccc(O)c1N1C(=O)NCc2c(-c3ccccc3Cl)cc(CN3CCNC(C(=O)O)C3)cc21. The van der Waals surface area contributed by atoms with Crippen LogP contribution in [0.3, 0.4) is 0 Å². The maximum atomic E-state index is 13.2. The van der Waals surface area contributed by atoms with Gasteiger partial charge in [0.2, 0.25) is 0 Å². The van der Waals surface area contributed by atoms with Crippen LogP contribution < -0.4 is 15.5 Å². The van der Waals surface area contributed by atoms with E-state index < -0.39 is 12.0 Å². The van der Waals surface area contributed by atoms with Crippen LogP contribution in [-0.4, -0.2) is 52.8 Å². The Morgan fingerprint density at radius 1 is 1.14 bits per heavy atom. The number of benzene rings is 3. The second kappa shape index (κ2) is 9.81. The first-order valence-corrected chi connectivity index (χ1v) is 12.2. The molecule has 0 aromatic heterocycles. The second-order valence-corrected chi connectivity index (χ2v) is 9.54. The molecule has 36 heavy (non-hydrogen) atoms. The number of phenolic OH excluding ortho intramolecular Hbond substituents is 1. The lowest BCUT2D eigenvalue weighted by atomic mass is 9.93. The normalized spacial score (nSPS) is 18.0. The summed E-state index contributed by atoms with van der Waals surface area (Å²) < 4.78 is 0. The molecule has 1 fully saturated rings. The van der Waals surface area contributed by atoms with Crippen molar-refractivity contribution in [2.45, 2.75) is 26.1 Å². The van der Waals surface area contributed by atoms with E-state index in [0.717, 1.165) is 27.8 Å². The number of para-hydroxylation sites is 1. The highest BCUT2D eigenvalue weighted by atomic mass is 35.5. The number of carbonyl (C=O) groups is 2. The largest absolute Gasteiger partial charge is 0.506 e. The summed E-state index contributed by atoms with van der Waals surface area (Å²) in [6, 6.07) is 15.8. The maximum Gasteiger partial charge on any atom is 0.326 e. The van der Waals surface area contributed by atoms with Crippen LogP contribution >= 0.6 is 11.6 Å². The summed E-state index contributed by atoms with van der Waals surface area (Å²) in [5, 5.41) is 26.7. The molecule has 0 spiro atoms. The molecule has 1 atom stereocenters. The molecular formula is C27H27ClN4O4. The molecule has 1 unspecified atom stereocenters. The van der Waals surface area contributed by atoms with E-state index in [1.807, 2.05) is 43.3 Å². The summed E-state index contributed by atoms with van der Waals surface area (Å²) in [4.78, 5) is 28.3. The lowest BCUT2D eigenvalue weighted by Crippen LogP contribution is -2.53. The van der Waals surface area contributed by atoms with Gasteiger partial charge in [0.05, 0.1) is 11.4 Å². The number of urea groups is 1. The number of amides is 2. The molecule has 2 aliphatic heterocycles. The zero-order valence-electron chi connectivity index (χ0n) is 19.8. The van der Waals surface area contributed by atoms with Gasteiger partial charge in [0.15, 0.2) is 0 Å². The topological polar surface area (TPSA) is 105 Å². The molecule has 2 amide bonds. The molecule has 0 aliphatic carbocycles. The summed E-state index contributed by atoms with van der Waals surface area (Å²) in [5.74, 6) is -0.867. The number of piperazine rings is 1. The van der Waals surface area contributed by atoms with Gasteiger partial charge in [-0.05, 0) is 47.9 Å². The molecular weight excluding hydrogens is 480 g/mol. The summed E-state index contributed by atoms with van der Waals surface area (Å²) in [7, 11) is 0. The van der Waals surface area contributed by atoms with Crippen LogP contribution in [0.5, 0.6) is 5.75 Å². The van der Waals surface area contributed by atoms with Crippen molar-refractivity contribution in [1.29, 1.82) is 0 Å². The van der Waals surface area contributed by atoms with Crippen LogP contribution in [0.25, 0.3) is 11.1 Å². The number of anilines is 2. The van der Waals surface area contributed by atoms with Gasteiger partial charge in [0, 0.05) is 48.9 Å². The molecule has 5 rings (SSSR count). The van der Waals surface area contributed by atoms with E-state index in [1.54, 1.807) is 12.1 Å². The molecule has 9 heteroatoms. The lowest BCUT2D eigenvalue weighted by molar-refractivity contribution is -0.140. The Bertz CT molecular complexity index is 1330. The molecule has 0 bridgehead atoms. The lowest BCUT2D eigenvalue weighted by Gasteiger charge is -2.35. The highest BCUT2D eigenvalue weighted by molar-refractivity contribution is 6.33. The first-order chi connectivity index (χ1) is 17.3. The number of carboxylic acids is 1. The number of nitrogens with zero attached hydrogens (tertiary/aromatic N) is 2. The fourth-order valence-electron chi connectivity index (χ4n) is 5.00. The Labute approximate surface area is 214 Å². The van der Waals surface area contributed by atoms with Gasteiger partial charge in [-0.25, -0.2) is 4.79 Å². The number of phenols is 1. The highest BCUT2D eigenvalue weighted by Gasteiger charge is 2.32. The van der Waals surface area contributed by atoms with Crippen molar-refractivity contribution >= 4 is 35.0 Å². The van der Waals surface area contributed by atoms with Crippen molar-refractivity contribution in [2.75, 3.05) is 24.5 Å². The summed E-state index contributed by atoms with van der Waals surface area (Å²) in [6.45, 7) is 4.31. The van der Waals surface area contributed by atoms with E-state index in [-0.39, 0.29) is 11.8 Å². The van der Waals surface area contributed by atoms with Crippen LogP contribution in [0.15, 0.2) is 54.6 Å². The minimum Gasteiger partial charge on any atom is -0.506 e. The number of carbonyl (C=O) groups excluding carboxylic acids is 1. The molecule has 1 saturated heterocycles. The molecule has 2 heterocycles. The van der Waals surface area contributed by atoms with Crippen molar-refractivity contribution in [3.63, 3.8) is 0 Å². The third-order valence-corrected chi connectivity index (χ3v) is 7.04. The number of carboxylic acid groups (broad SMARTS) is 1. The Kier molecular flexibility index (Phi) is 6.57. The molecule has 3 aromatic carbocycles. The summed E-state index contributed by atoms with van der Waals surface area (Å²) in [5.41, 5.74) is 5.38. The highest BCUT2D eigenvalue weighted by Crippen LogP contribution is 2.44. The van der Waals surface area contributed by atoms with Crippen molar-refractivity contribution in [1.82, 2.24) is 15.5 Å². The van der Waals surface area contributed by atoms with Gasteiger partial charge >= 0.3 is 12.0 Å². The minimum absolute atomic E-state index is 0.00843. The number of aromatic hydroxyl groups is 1. The predicted octanol–water partition coefficient (Wildman–Crippen LogP) is 4.24. The van der Waals surface area contributed by atoms with Crippen molar-refractivity contribution in [3.8, 4) is 16.9 Å². The smallest absolute Gasteiger partial charge is 0.326 e. The van der Waals surface area contributed by atoms with Gasteiger partial charge in [-0.1, -0.05) is 41.9 Å². The van der Waals surface area contributed by atoms with E-state index in [4.69, 9.17) is 11.6 Å². The van der Waals surface area contributed by atoms with E-state index in [0.29, 0.717) is 49.1 Å². The second-order valence-electron chi connectivity index (χ2n) is 9.14. The van der Waals surface area contributed by atoms with Crippen molar-refractivity contribution < 1.29 is 19.8 Å². The number of hydrogen-bond acceptors (Lipinski definition) is 5. The predicted molar refractivity (Wildman–Crippen MR) is 139 cm³/mol. The average molecular weight is 507 g/mol. The molecule has 2 aliphatic rings. The van der Waals surface area contributed by atoms with Crippen molar-refractivity contribution in [3.05, 3.63) is 76.3 Å². The average Bonchev–Trinajstić information content (AvgIpc) is 2.85. The zero-order chi connectivity index (χ0) is 25.4. The standard InChI is InChI=1S/C27H27ClN4O4/c1-16-5-4-8-24(33)25(16)32-23-12-17(14-31-10-9-29-22(15-31)26(34)35)11-19(20(23)13-30-27(32)36)18-6-2-3-7-21(18)28/h2-8,11-12,22,29,33H,9-10,13-15H2,1H3,(H,30,36)(H,34,35). The monoisotopic (exact) mass is 506 g/mol. The van der Waals surface area contributed by atoms with E-state index in [1.165, 1.54) is 4.90 Å². The summed E-state index contributed by atoms with van der Waals surface area (Å²) >= 11 is 6.61. The molecule has 4 N–H and O–H groups in total. The number of fused-ring (bicyclic) bond motifs is 1. The zero-order valence-corrected chi connectivity index (χ0v) is 20.5. The van der Waals surface area contributed by atoms with Crippen LogP contribution in [0, 0.1) is 6.92 Å². The molecule has 3 aromatic rings. The first-order valence-electron chi connectivity index (χ1n) is 11.8. The van der Waals surface area contributed by atoms with E-state index in [9.17, 15) is 19.8 Å². The fraction of sp³-hybridized carbons (Fsp3) is 0.259. The van der Waals surface area contributed by atoms with Crippen LogP contribution in [0.2, 0.25) is 5.02 Å². The quantitative estimate of drug-likeness (QED) is 0.412. The third kappa shape index (κ3) is 4.51. The van der Waals surface area contributed by atoms with E-state index >= 15 is 0 Å².